The molecule has 1 aromatic rings. The summed E-state index contributed by atoms with van der Waals surface area (Å²) in [6, 6.07) is 4.14. The molecule has 1 aromatic heterocycles. The molecule has 0 atom stereocenters. The molecule has 0 radical (unpaired) electrons. The predicted molar refractivity (Wildman–Crippen MR) is 82.1 cm³/mol. The van der Waals surface area contributed by atoms with Crippen LogP contribution in [0.3, 0.4) is 0 Å². The predicted octanol–water partition coefficient (Wildman–Crippen LogP) is 2.00. The highest BCUT2D eigenvalue weighted by atomic mass is 32.2. The monoisotopic (exact) mass is 315 g/mol. The number of nitriles is 2. The summed E-state index contributed by atoms with van der Waals surface area (Å²) >= 11 is 1.27. The van der Waals surface area contributed by atoms with E-state index in [1.807, 2.05) is 6.07 Å². The summed E-state index contributed by atoms with van der Waals surface area (Å²) in [6.45, 7) is 2.22. The van der Waals surface area contributed by atoms with Gasteiger partial charge in [-0.25, -0.2) is 9.97 Å². The minimum absolute atomic E-state index is 0.0756. The van der Waals surface area contributed by atoms with Gasteiger partial charge in [0.15, 0.2) is 0 Å². The molecule has 22 heavy (non-hydrogen) atoms. The van der Waals surface area contributed by atoms with Gasteiger partial charge in [0.1, 0.15) is 22.5 Å². The van der Waals surface area contributed by atoms with Crippen molar-refractivity contribution in [1.82, 2.24) is 14.9 Å². The lowest BCUT2D eigenvalue weighted by Crippen LogP contribution is -2.29. The Morgan fingerprint density at radius 2 is 2.14 bits per heavy atom. The zero-order valence-corrected chi connectivity index (χ0v) is 13.5. The van der Waals surface area contributed by atoms with Crippen LogP contribution in [0.4, 0.5) is 0 Å². The Labute approximate surface area is 134 Å². The van der Waals surface area contributed by atoms with E-state index < -0.39 is 0 Å². The number of carbonyl (C=O) groups is 1. The molecular formula is C15H17N5OS. The molecule has 1 saturated carbocycles. The number of hydrogen-bond acceptors (Lipinski definition) is 6. The molecule has 7 heteroatoms. The topological polar surface area (TPSA) is 93.7 Å². The molecule has 0 spiro atoms. The van der Waals surface area contributed by atoms with Crippen LogP contribution < -0.4 is 0 Å². The molecule has 1 aliphatic rings. The largest absolute Gasteiger partial charge is 0.344 e. The smallest absolute Gasteiger partial charge is 0.232 e. The highest BCUT2D eigenvalue weighted by Gasteiger charge is 2.28. The minimum Gasteiger partial charge on any atom is -0.344 e. The van der Waals surface area contributed by atoms with E-state index in [9.17, 15) is 10.1 Å². The molecule has 2 rings (SSSR count). The lowest BCUT2D eigenvalue weighted by molar-refractivity contribution is -0.127. The van der Waals surface area contributed by atoms with Crippen molar-refractivity contribution in [2.24, 2.45) is 0 Å². The summed E-state index contributed by atoms with van der Waals surface area (Å²) in [7, 11) is 1.67. The fourth-order valence-electron chi connectivity index (χ4n) is 1.91. The van der Waals surface area contributed by atoms with Crippen molar-refractivity contribution in [3.63, 3.8) is 0 Å². The SMILES string of the molecule is Cc1nc(C2CC2)nc(SCC(=O)N(C)CCC#N)c1C#N. The van der Waals surface area contributed by atoms with E-state index in [1.54, 1.807) is 14.0 Å². The lowest BCUT2D eigenvalue weighted by atomic mass is 10.2. The van der Waals surface area contributed by atoms with Gasteiger partial charge in [-0.05, 0) is 19.8 Å². The summed E-state index contributed by atoms with van der Waals surface area (Å²) in [5.74, 6) is 1.31. The summed E-state index contributed by atoms with van der Waals surface area (Å²) in [6.07, 6.45) is 2.49. The summed E-state index contributed by atoms with van der Waals surface area (Å²) < 4.78 is 0. The number of carbonyl (C=O) groups excluding carboxylic acids is 1. The van der Waals surface area contributed by atoms with Crippen molar-refractivity contribution in [3.05, 3.63) is 17.1 Å². The van der Waals surface area contributed by atoms with Gasteiger partial charge in [0.25, 0.3) is 0 Å². The Bertz CT molecular complexity index is 657. The van der Waals surface area contributed by atoms with Gasteiger partial charge in [-0.1, -0.05) is 11.8 Å². The average molecular weight is 315 g/mol. The van der Waals surface area contributed by atoms with E-state index in [-0.39, 0.29) is 11.7 Å². The second-order valence-electron chi connectivity index (χ2n) is 5.25. The average Bonchev–Trinajstić information content (AvgIpc) is 3.34. The van der Waals surface area contributed by atoms with Crippen LogP contribution in [0.5, 0.6) is 0 Å². The van der Waals surface area contributed by atoms with Crippen molar-refractivity contribution < 1.29 is 4.79 Å². The maximum absolute atomic E-state index is 12.0. The maximum Gasteiger partial charge on any atom is 0.232 e. The molecule has 1 aliphatic carbocycles. The molecule has 1 amide bonds. The van der Waals surface area contributed by atoms with Crippen molar-refractivity contribution in [2.45, 2.75) is 37.1 Å². The van der Waals surface area contributed by atoms with Crippen LogP contribution in [0.2, 0.25) is 0 Å². The molecule has 1 heterocycles. The molecule has 0 bridgehead atoms. The first-order valence-electron chi connectivity index (χ1n) is 7.09. The molecule has 0 aliphatic heterocycles. The number of aromatic nitrogens is 2. The zero-order chi connectivity index (χ0) is 16.1. The van der Waals surface area contributed by atoms with E-state index in [1.165, 1.54) is 16.7 Å². The molecule has 0 N–H and O–H groups in total. The fraction of sp³-hybridized carbons (Fsp3) is 0.533. The fourth-order valence-corrected chi connectivity index (χ4v) is 2.88. The minimum atomic E-state index is -0.0756. The lowest BCUT2D eigenvalue weighted by Gasteiger charge is -2.15. The van der Waals surface area contributed by atoms with Crippen molar-refractivity contribution in [2.75, 3.05) is 19.3 Å². The Morgan fingerprint density at radius 3 is 2.73 bits per heavy atom. The van der Waals surface area contributed by atoms with Gasteiger partial charge in [0.05, 0.1) is 23.9 Å². The van der Waals surface area contributed by atoms with E-state index >= 15 is 0 Å². The Hall–Kier alpha value is -2.12. The van der Waals surface area contributed by atoms with E-state index in [0.717, 1.165) is 18.7 Å². The highest BCUT2D eigenvalue weighted by molar-refractivity contribution is 8.00. The first kappa shape index (κ1) is 16.3. The van der Waals surface area contributed by atoms with Crippen LogP contribution in [0, 0.1) is 29.6 Å². The van der Waals surface area contributed by atoms with Gasteiger partial charge in [0, 0.05) is 19.5 Å². The van der Waals surface area contributed by atoms with Gasteiger partial charge in [-0.3, -0.25) is 4.79 Å². The van der Waals surface area contributed by atoms with E-state index in [0.29, 0.717) is 35.2 Å². The third kappa shape index (κ3) is 3.96. The van der Waals surface area contributed by atoms with Crippen LogP contribution in [0.1, 0.15) is 42.3 Å². The summed E-state index contributed by atoms with van der Waals surface area (Å²) in [5, 5.41) is 18.4. The van der Waals surface area contributed by atoms with E-state index in [4.69, 9.17) is 5.26 Å². The van der Waals surface area contributed by atoms with Gasteiger partial charge in [0.2, 0.25) is 5.91 Å². The number of nitrogens with zero attached hydrogens (tertiary/aromatic N) is 5. The maximum atomic E-state index is 12.0. The second-order valence-corrected chi connectivity index (χ2v) is 6.21. The van der Waals surface area contributed by atoms with Crippen LogP contribution in [-0.2, 0) is 4.79 Å². The van der Waals surface area contributed by atoms with Crippen LogP contribution in [0.25, 0.3) is 0 Å². The molecule has 0 unspecified atom stereocenters. The van der Waals surface area contributed by atoms with Crippen molar-refractivity contribution in [1.29, 1.82) is 10.5 Å². The molecule has 1 fully saturated rings. The molecule has 6 nitrogen and oxygen atoms in total. The van der Waals surface area contributed by atoms with Crippen LogP contribution >= 0.6 is 11.8 Å². The highest BCUT2D eigenvalue weighted by Crippen LogP contribution is 2.39. The number of amides is 1. The van der Waals surface area contributed by atoms with Gasteiger partial charge in [-0.2, -0.15) is 10.5 Å². The van der Waals surface area contributed by atoms with Crippen LogP contribution in [0.15, 0.2) is 5.03 Å². The summed E-state index contributed by atoms with van der Waals surface area (Å²) in [5.41, 5.74) is 1.12. The Morgan fingerprint density at radius 1 is 1.41 bits per heavy atom. The third-order valence-electron chi connectivity index (χ3n) is 3.45. The number of hydrogen-bond donors (Lipinski definition) is 0. The Balaban J connectivity index is 2.07. The van der Waals surface area contributed by atoms with Crippen molar-refractivity contribution in [3.8, 4) is 12.1 Å². The van der Waals surface area contributed by atoms with Gasteiger partial charge >= 0.3 is 0 Å². The molecule has 114 valence electrons. The quantitative estimate of drug-likeness (QED) is 0.588. The van der Waals surface area contributed by atoms with Gasteiger partial charge in [-0.15, -0.1) is 0 Å². The normalized spacial score (nSPS) is 13.3. The zero-order valence-electron chi connectivity index (χ0n) is 12.7. The van der Waals surface area contributed by atoms with Crippen molar-refractivity contribution >= 4 is 17.7 Å². The van der Waals surface area contributed by atoms with E-state index in [2.05, 4.69) is 16.0 Å². The van der Waals surface area contributed by atoms with Crippen LogP contribution in [-0.4, -0.2) is 40.1 Å². The third-order valence-corrected chi connectivity index (χ3v) is 4.41. The molecule has 0 saturated heterocycles. The first-order valence-corrected chi connectivity index (χ1v) is 8.07. The molecular weight excluding hydrogens is 298 g/mol. The molecule has 0 aromatic carbocycles. The number of rotatable bonds is 6. The van der Waals surface area contributed by atoms with Gasteiger partial charge < -0.3 is 4.90 Å². The first-order chi connectivity index (χ1) is 10.6. The standard InChI is InChI=1S/C15H17N5OS/c1-10-12(8-17)15(19-14(18-10)11-4-5-11)22-9-13(21)20(2)7-3-6-16/h11H,3-5,7,9H2,1-2H3. The number of aryl methyl sites for hydroxylation is 1. The number of thioether (sulfide) groups is 1. The summed E-state index contributed by atoms with van der Waals surface area (Å²) in [4.78, 5) is 22.4. The second kappa shape index (κ2) is 7.24. The Kier molecular flexibility index (Phi) is 5.35.